The van der Waals surface area contributed by atoms with Gasteiger partial charge in [0.1, 0.15) is 5.60 Å². The molecule has 2 heterocycles. The quantitative estimate of drug-likeness (QED) is 0.485. The zero-order valence-electron chi connectivity index (χ0n) is 18.3. The number of carbonyl (C=O) groups is 2. The molecular formula is C22H26F3N5O3S. The van der Waals surface area contributed by atoms with Crippen LogP contribution in [0.25, 0.3) is 0 Å². The van der Waals surface area contributed by atoms with Crippen LogP contribution >= 0.6 is 11.3 Å². The summed E-state index contributed by atoms with van der Waals surface area (Å²) in [6, 6.07) is 4.32. The molecule has 4 rings (SSSR count). The number of nitrogen functional groups attached to an aromatic ring is 1. The zero-order valence-corrected chi connectivity index (χ0v) is 19.1. The summed E-state index contributed by atoms with van der Waals surface area (Å²) < 4.78 is 38.4. The lowest BCUT2D eigenvalue weighted by Crippen LogP contribution is -2.63. The van der Waals surface area contributed by atoms with Gasteiger partial charge in [-0.1, -0.05) is 17.4 Å². The van der Waals surface area contributed by atoms with Crippen molar-refractivity contribution in [2.45, 2.75) is 49.5 Å². The van der Waals surface area contributed by atoms with E-state index in [-0.39, 0.29) is 18.2 Å². The summed E-state index contributed by atoms with van der Waals surface area (Å²) in [5.74, 6) is -1.14. The number of aliphatic hydroxyl groups is 1. The highest BCUT2D eigenvalue weighted by molar-refractivity contribution is 7.15. The van der Waals surface area contributed by atoms with Gasteiger partial charge in [-0.15, -0.1) is 0 Å². The van der Waals surface area contributed by atoms with Crippen molar-refractivity contribution in [2.24, 2.45) is 0 Å². The molecule has 0 bridgehead atoms. The van der Waals surface area contributed by atoms with E-state index < -0.39 is 29.2 Å². The molecule has 1 aromatic carbocycles. The lowest BCUT2D eigenvalue weighted by atomic mass is 9.80. The number of amides is 2. The molecule has 12 heteroatoms. The summed E-state index contributed by atoms with van der Waals surface area (Å²) in [6.45, 7) is 1.02. The highest BCUT2D eigenvalue weighted by Gasteiger charge is 2.41. The second kappa shape index (κ2) is 9.51. The fraction of sp³-hybridized carbons (Fsp3) is 0.500. The Morgan fingerprint density at radius 1 is 1.26 bits per heavy atom. The van der Waals surface area contributed by atoms with E-state index in [1.807, 2.05) is 0 Å². The van der Waals surface area contributed by atoms with Crippen molar-refractivity contribution in [3.05, 3.63) is 46.5 Å². The number of nitrogens with one attached hydrogen (secondary N) is 2. The van der Waals surface area contributed by atoms with Gasteiger partial charge in [0, 0.05) is 30.9 Å². The number of rotatable bonds is 6. The Balaban J connectivity index is 1.17. The van der Waals surface area contributed by atoms with E-state index in [0.717, 1.165) is 35.9 Å². The van der Waals surface area contributed by atoms with Crippen LogP contribution in [0.1, 0.15) is 46.5 Å². The van der Waals surface area contributed by atoms with Crippen LogP contribution in [0.2, 0.25) is 0 Å². The first-order chi connectivity index (χ1) is 16.0. The van der Waals surface area contributed by atoms with Crippen molar-refractivity contribution in [2.75, 3.05) is 25.4 Å². The molecule has 0 radical (unpaired) electrons. The molecule has 1 aromatic heterocycles. The zero-order chi connectivity index (χ0) is 24.5. The van der Waals surface area contributed by atoms with Crippen LogP contribution < -0.4 is 16.4 Å². The Bertz CT molecular complexity index is 1050. The van der Waals surface area contributed by atoms with Crippen molar-refractivity contribution in [1.29, 1.82) is 0 Å². The highest BCUT2D eigenvalue weighted by Crippen LogP contribution is 2.41. The average Bonchev–Trinajstić information content (AvgIpc) is 3.22. The van der Waals surface area contributed by atoms with Crippen molar-refractivity contribution in [3.8, 4) is 0 Å². The number of aromatic nitrogens is 1. The van der Waals surface area contributed by atoms with Gasteiger partial charge in [-0.25, -0.2) is 4.98 Å². The molecule has 0 atom stereocenters. The predicted octanol–water partition coefficient (Wildman–Crippen LogP) is 2.10. The number of alkyl halides is 3. The molecule has 2 fully saturated rings. The molecule has 184 valence electrons. The topological polar surface area (TPSA) is 121 Å². The summed E-state index contributed by atoms with van der Waals surface area (Å²) in [5, 5.41) is 16.5. The molecule has 34 heavy (non-hydrogen) atoms. The van der Waals surface area contributed by atoms with Crippen LogP contribution in [-0.4, -0.2) is 58.5 Å². The first-order valence-electron chi connectivity index (χ1n) is 11.0. The van der Waals surface area contributed by atoms with Gasteiger partial charge in [-0.2, -0.15) is 13.2 Å². The maximum atomic E-state index is 12.8. The van der Waals surface area contributed by atoms with Crippen molar-refractivity contribution in [1.82, 2.24) is 20.5 Å². The molecule has 0 unspecified atom stereocenters. The Labute approximate surface area is 198 Å². The first kappa shape index (κ1) is 24.4. The Morgan fingerprint density at radius 2 is 1.97 bits per heavy atom. The van der Waals surface area contributed by atoms with Crippen LogP contribution in [-0.2, 0) is 16.6 Å². The van der Waals surface area contributed by atoms with Gasteiger partial charge < -0.3 is 21.5 Å². The van der Waals surface area contributed by atoms with Crippen molar-refractivity contribution < 1.29 is 27.9 Å². The highest BCUT2D eigenvalue weighted by atomic mass is 32.1. The molecule has 1 saturated carbocycles. The first-order valence-corrected chi connectivity index (χ1v) is 11.8. The lowest BCUT2D eigenvalue weighted by molar-refractivity contribution is -0.137. The minimum atomic E-state index is -4.55. The van der Waals surface area contributed by atoms with E-state index >= 15 is 0 Å². The van der Waals surface area contributed by atoms with Gasteiger partial charge in [0.05, 0.1) is 23.0 Å². The predicted molar refractivity (Wildman–Crippen MR) is 120 cm³/mol. The second-order valence-electron chi connectivity index (χ2n) is 8.81. The van der Waals surface area contributed by atoms with E-state index in [2.05, 4.69) is 20.5 Å². The van der Waals surface area contributed by atoms with Crippen LogP contribution in [0.15, 0.2) is 30.5 Å². The molecule has 2 aliphatic rings. The fourth-order valence-electron chi connectivity index (χ4n) is 4.47. The van der Waals surface area contributed by atoms with Crippen LogP contribution in [0, 0.1) is 0 Å². The minimum absolute atomic E-state index is 0.0555. The lowest BCUT2D eigenvalue weighted by Gasteiger charge is -2.48. The number of thiazole rings is 1. The normalized spacial score (nSPS) is 23.8. The number of hydrogen-bond acceptors (Lipinski definition) is 7. The summed E-state index contributed by atoms with van der Waals surface area (Å²) in [5.41, 5.74) is 3.72. The third-order valence-corrected chi connectivity index (χ3v) is 7.44. The minimum Gasteiger partial charge on any atom is -0.384 e. The number of anilines is 1. The largest absolute Gasteiger partial charge is 0.416 e. The Hall–Kier alpha value is -2.70. The van der Waals surface area contributed by atoms with Gasteiger partial charge in [0.25, 0.3) is 5.91 Å². The Morgan fingerprint density at radius 3 is 2.59 bits per heavy atom. The number of likely N-dealkylation sites (tertiary alicyclic amines) is 1. The fourth-order valence-corrected chi connectivity index (χ4v) is 5.30. The van der Waals surface area contributed by atoms with Crippen LogP contribution in [0.5, 0.6) is 0 Å². The third kappa shape index (κ3) is 5.50. The average molecular weight is 498 g/mol. The van der Waals surface area contributed by atoms with Crippen molar-refractivity contribution >= 4 is 28.3 Å². The maximum absolute atomic E-state index is 12.8. The van der Waals surface area contributed by atoms with Crippen molar-refractivity contribution in [3.63, 3.8) is 0 Å². The van der Waals surface area contributed by atoms with E-state index in [9.17, 15) is 27.9 Å². The van der Waals surface area contributed by atoms with Gasteiger partial charge in [-0.3, -0.25) is 14.5 Å². The van der Waals surface area contributed by atoms with Gasteiger partial charge in [0.15, 0.2) is 5.13 Å². The molecule has 1 aliphatic heterocycles. The molecule has 1 aliphatic carbocycles. The smallest absolute Gasteiger partial charge is 0.384 e. The molecule has 2 amide bonds. The summed E-state index contributed by atoms with van der Waals surface area (Å²) in [7, 11) is 0. The summed E-state index contributed by atoms with van der Waals surface area (Å²) >= 11 is 1.31. The summed E-state index contributed by atoms with van der Waals surface area (Å²) in [4.78, 5) is 31.4. The maximum Gasteiger partial charge on any atom is 0.416 e. The van der Waals surface area contributed by atoms with Gasteiger partial charge >= 0.3 is 6.18 Å². The molecule has 2 aromatic rings. The SMILES string of the molecule is Nc1ncc(C2(O)CCC(N3CC(NC(=O)CNC(=O)c4cccc(C(F)(F)F)c4)C3)CC2)s1. The van der Waals surface area contributed by atoms with E-state index in [4.69, 9.17) is 5.73 Å². The standard InChI is InChI=1S/C22H26F3N5O3S/c23-22(24,25)14-3-1-2-13(8-14)19(32)27-10-18(31)29-15-11-30(12-15)16-4-6-21(33,7-5-16)17-9-28-20(26)34-17/h1-3,8-9,15-16,33H,4-7,10-12H2,(H2,26,28)(H,27,32)(H,29,31). The molecule has 0 spiro atoms. The molecule has 5 N–H and O–H groups in total. The monoisotopic (exact) mass is 497 g/mol. The molecular weight excluding hydrogens is 471 g/mol. The number of halogens is 3. The van der Waals surface area contributed by atoms with E-state index in [1.165, 1.54) is 17.4 Å². The number of hydrogen-bond donors (Lipinski definition) is 4. The number of benzene rings is 1. The summed E-state index contributed by atoms with van der Waals surface area (Å²) in [6.07, 6.45) is -0.0237. The van der Waals surface area contributed by atoms with Gasteiger partial charge in [0.2, 0.25) is 5.91 Å². The molecule has 8 nitrogen and oxygen atoms in total. The van der Waals surface area contributed by atoms with E-state index in [1.54, 1.807) is 6.20 Å². The van der Waals surface area contributed by atoms with Gasteiger partial charge in [-0.05, 0) is 43.9 Å². The molecule has 1 saturated heterocycles. The van der Waals surface area contributed by atoms with Crippen LogP contribution in [0.4, 0.5) is 18.3 Å². The Kier molecular flexibility index (Phi) is 6.83. The third-order valence-electron chi connectivity index (χ3n) is 6.42. The number of nitrogens with two attached hydrogens (primary N) is 1. The number of carbonyl (C=O) groups excluding carboxylic acids is 2. The second-order valence-corrected chi connectivity index (χ2v) is 9.87. The number of nitrogens with zero attached hydrogens (tertiary/aromatic N) is 2. The van der Waals surface area contributed by atoms with Crippen LogP contribution in [0.3, 0.4) is 0 Å². The van der Waals surface area contributed by atoms with E-state index in [0.29, 0.717) is 37.1 Å².